The van der Waals surface area contributed by atoms with E-state index >= 15 is 0 Å². The van der Waals surface area contributed by atoms with Crippen molar-refractivity contribution in [3.05, 3.63) is 46.2 Å². The summed E-state index contributed by atoms with van der Waals surface area (Å²) in [6.45, 7) is 7.47. The van der Waals surface area contributed by atoms with E-state index in [1.54, 1.807) is 7.11 Å². The zero-order valence-electron chi connectivity index (χ0n) is 15.3. The number of hydrogen-bond donors (Lipinski definition) is 0. The fourth-order valence-corrected chi connectivity index (χ4v) is 3.46. The Bertz CT molecular complexity index is 985. The number of allylic oxidation sites excluding steroid dienone is 2. The summed E-state index contributed by atoms with van der Waals surface area (Å²) in [6, 6.07) is 5.84. The predicted molar refractivity (Wildman–Crippen MR) is 96.3 cm³/mol. The molecule has 5 heteroatoms. The van der Waals surface area contributed by atoms with E-state index < -0.39 is 11.9 Å². The van der Waals surface area contributed by atoms with Crippen molar-refractivity contribution in [3.8, 4) is 5.75 Å². The molecule has 5 nitrogen and oxygen atoms in total. The molecule has 1 aromatic heterocycles. The third kappa shape index (κ3) is 2.47. The molecule has 0 radical (unpaired) electrons. The number of esters is 2. The predicted octanol–water partition coefficient (Wildman–Crippen LogP) is 3.69. The first-order chi connectivity index (χ1) is 11.8. The van der Waals surface area contributed by atoms with Crippen LogP contribution in [0, 0.1) is 6.92 Å². The van der Waals surface area contributed by atoms with Gasteiger partial charge in [-0.15, -0.1) is 0 Å². The molecule has 1 aliphatic heterocycles. The largest absolute Gasteiger partial charge is 0.497 e. The molecule has 2 aromatic rings. The van der Waals surface area contributed by atoms with Crippen LogP contribution in [0.25, 0.3) is 16.5 Å². The first-order valence-corrected chi connectivity index (χ1v) is 8.06. The number of cyclic esters (lactones) is 2. The highest BCUT2D eigenvalue weighted by Crippen LogP contribution is 2.38. The average Bonchev–Trinajstić information content (AvgIpc) is 3.00. The minimum Gasteiger partial charge on any atom is -0.497 e. The quantitative estimate of drug-likeness (QED) is 0.476. The summed E-state index contributed by atoms with van der Waals surface area (Å²) < 4.78 is 12.3. The van der Waals surface area contributed by atoms with E-state index in [0.717, 1.165) is 39.1 Å². The van der Waals surface area contributed by atoms with Crippen LogP contribution in [0.2, 0.25) is 0 Å². The molecule has 0 saturated carbocycles. The van der Waals surface area contributed by atoms with Crippen LogP contribution in [0.3, 0.4) is 0 Å². The summed E-state index contributed by atoms with van der Waals surface area (Å²) in [5.74, 6) is -0.419. The Balaban J connectivity index is 2.39. The number of rotatable bonds is 2. The van der Waals surface area contributed by atoms with E-state index in [1.165, 1.54) is 0 Å². The highest BCUT2D eigenvalue weighted by molar-refractivity contribution is 6.22. The topological polar surface area (TPSA) is 57.5 Å². The van der Waals surface area contributed by atoms with Crippen molar-refractivity contribution in [1.82, 2.24) is 4.57 Å². The summed E-state index contributed by atoms with van der Waals surface area (Å²) in [6.07, 6.45) is 0. The number of benzene rings is 1. The molecule has 0 bridgehead atoms. The Kier molecular flexibility index (Phi) is 4.03. The zero-order chi connectivity index (χ0) is 18.5. The number of hydrogen-bond acceptors (Lipinski definition) is 4. The lowest BCUT2D eigenvalue weighted by Gasteiger charge is -2.07. The van der Waals surface area contributed by atoms with Crippen LogP contribution in [0.5, 0.6) is 5.75 Å². The smallest absolute Gasteiger partial charge is 0.347 e. The van der Waals surface area contributed by atoms with Crippen LogP contribution in [-0.2, 0) is 21.4 Å². The maximum absolute atomic E-state index is 12.3. The van der Waals surface area contributed by atoms with Crippen molar-refractivity contribution < 1.29 is 19.1 Å². The summed E-state index contributed by atoms with van der Waals surface area (Å²) in [5.41, 5.74) is 5.18. The normalized spacial score (nSPS) is 16.5. The molecule has 2 heterocycles. The maximum Gasteiger partial charge on any atom is 0.347 e. The third-order valence-electron chi connectivity index (χ3n) is 4.79. The van der Waals surface area contributed by atoms with E-state index in [1.807, 2.05) is 52.9 Å². The van der Waals surface area contributed by atoms with Gasteiger partial charge in [0.2, 0.25) is 0 Å². The molecule has 0 atom stereocenters. The second-order valence-corrected chi connectivity index (χ2v) is 6.45. The van der Waals surface area contributed by atoms with Crippen molar-refractivity contribution in [1.29, 1.82) is 0 Å². The molecule has 130 valence electrons. The number of nitrogens with zero attached hydrogens (tertiary/aromatic N) is 1. The van der Waals surface area contributed by atoms with Crippen LogP contribution >= 0.6 is 0 Å². The number of ether oxygens (including phenoxy) is 2. The number of aromatic nitrogens is 1. The highest BCUT2D eigenvalue weighted by atomic mass is 16.6. The second kappa shape index (κ2) is 5.92. The van der Waals surface area contributed by atoms with E-state index in [2.05, 4.69) is 4.57 Å². The van der Waals surface area contributed by atoms with Gasteiger partial charge in [0.1, 0.15) is 5.75 Å². The Morgan fingerprint density at radius 1 is 1.08 bits per heavy atom. The molecule has 25 heavy (non-hydrogen) atoms. The molecule has 0 N–H and O–H groups in total. The van der Waals surface area contributed by atoms with Crippen molar-refractivity contribution in [3.63, 3.8) is 0 Å². The molecule has 0 amide bonds. The number of methoxy groups -OCH3 is 1. The Morgan fingerprint density at radius 2 is 1.72 bits per heavy atom. The lowest BCUT2D eigenvalue weighted by Crippen LogP contribution is -2.01. The van der Waals surface area contributed by atoms with Gasteiger partial charge in [-0.25, -0.2) is 9.59 Å². The molecule has 1 aromatic carbocycles. The minimum atomic E-state index is -0.585. The molecule has 0 aliphatic carbocycles. The standard InChI is InChI=1S/C20H21NO4/c1-10(2)16-18(20(23)25-19(16)22)11(3)17-12(4)21(5)15-8-7-13(24-6)9-14(15)17/h7-9H,1-6H3/b18-11+. The summed E-state index contributed by atoms with van der Waals surface area (Å²) >= 11 is 0. The van der Waals surface area contributed by atoms with Gasteiger partial charge in [-0.1, -0.05) is 5.57 Å². The number of fused-ring (bicyclic) bond motifs is 1. The van der Waals surface area contributed by atoms with Gasteiger partial charge in [-0.05, 0) is 51.5 Å². The van der Waals surface area contributed by atoms with Gasteiger partial charge in [-0.2, -0.15) is 0 Å². The molecule has 3 rings (SSSR count). The minimum absolute atomic E-state index is 0.350. The summed E-state index contributed by atoms with van der Waals surface area (Å²) in [7, 11) is 3.60. The fraction of sp³-hybridized carbons (Fsp3) is 0.300. The molecule has 0 spiro atoms. The third-order valence-corrected chi connectivity index (χ3v) is 4.79. The van der Waals surface area contributed by atoms with Gasteiger partial charge in [0.05, 0.1) is 18.3 Å². The van der Waals surface area contributed by atoms with Crippen LogP contribution in [0.15, 0.2) is 34.9 Å². The van der Waals surface area contributed by atoms with E-state index in [0.29, 0.717) is 11.1 Å². The van der Waals surface area contributed by atoms with Crippen molar-refractivity contribution >= 4 is 28.4 Å². The lowest BCUT2D eigenvalue weighted by atomic mass is 9.93. The van der Waals surface area contributed by atoms with Crippen LogP contribution in [0.4, 0.5) is 0 Å². The Hall–Kier alpha value is -2.82. The van der Waals surface area contributed by atoms with E-state index in [4.69, 9.17) is 9.47 Å². The van der Waals surface area contributed by atoms with Gasteiger partial charge in [0.25, 0.3) is 0 Å². The molecule has 1 fully saturated rings. The highest BCUT2D eigenvalue weighted by Gasteiger charge is 2.36. The van der Waals surface area contributed by atoms with Crippen molar-refractivity contribution in [2.24, 2.45) is 7.05 Å². The van der Waals surface area contributed by atoms with Gasteiger partial charge in [0, 0.05) is 29.2 Å². The van der Waals surface area contributed by atoms with Gasteiger partial charge in [0.15, 0.2) is 0 Å². The van der Waals surface area contributed by atoms with E-state index in [9.17, 15) is 9.59 Å². The summed E-state index contributed by atoms with van der Waals surface area (Å²) in [5, 5.41) is 0.976. The summed E-state index contributed by atoms with van der Waals surface area (Å²) in [4.78, 5) is 24.4. The van der Waals surface area contributed by atoms with E-state index in [-0.39, 0.29) is 0 Å². The average molecular weight is 339 g/mol. The Labute approximate surface area is 146 Å². The van der Waals surface area contributed by atoms with Crippen LogP contribution in [-0.4, -0.2) is 23.6 Å². The first-order valence-electron chi connectivity index (χ1n) is 8.06. The molecular weight excluding hydrogens is 318 g/mol. The number of carbonyl (C=O) groups is 2. The molecule has 0 unspecified atom stereocenters. The van der Waals surface area contributed by atoms with Crippen LogP contribution in [0.1, 0.15) is 32.0 Å². The SMILES string of the molecule is COc1ccc2c(c1)c(/C(C)=C1/C(=O)OC(=O)C1=C(C)C)c(C)n2C. The maximum atomic E-state index is 12.3. The van der Waals surface area contributed by atoms with Gasteiger partial charge in [-0.3, -0.25) is 0 Å². The first kappa shape index (κ1) is 17.0. The number of carbonyl (C=O) groups excluding carboxylic acids is 2. The van der Waals surface area contributed by atoms with Gasteiger partial charge >= 0.3 is 11.9 Å². The van der Waals surface area contributed by atoms with Crippen LogP contribution < -0.4 is 4.74 Å². The Morgan fingerprint density at radius 3 is 2.32 bits per heavy atom. The van der Waals surface area contributed by atoms with Crippen molar-refractivity contribution in [2.75, 3.05) is 7.11 Å². The fourth-order valence-electron chi connectivity index (χ4n) is 3.46. The molecule has 1 saturated heterocycles. The zero-order valence-corrected chi connectivity index (χ0v) is 15.3. The number of aryl methyl sites for hydroxylation is 1. The molecule has 1 aliphatic rings. The monoisotopic (exact) mass is 339 g/mol. The van der Waals surface area contributed by atoms with Crippen molar-refractivity contribution in [2.45, 2.75) is 27.7 Å². The second-order valence-electron chi connectivity index (χ2n) is 6.45. The van der Waals surface area contributed by atoms with Gasteiger partial charge < -0.3 is 14.0 Å². The lowest BCUT2D eigenvalue weighted by molar-refractivity contribution is -0.149. The molecular formula is C20H21NO4.